The molecule has 0 heterocycles. The summed E-state index contributed by atoms with van der Waals surface area (Å²) >= 11 is 0. The molecule has 0 saturated heterocycles. The molecule has 32 heavy (non-hydrogen) atoms. The van der Waals surface area contributed by atoms with Crippen LogP contribution in [0.25, 0.3) is 0 Å². The Bertz CT molecular complexity index is 1030. The maximum atomic E-state index is 15.1. The smallest absolute Gasteiger partial charge is 0.174 e. The monoisotopic (exact) mass is 436 g/mol. The second-order valence-corrected chi connectivity index (χ2v) is 9.35. The number of benzene rings is 2. The molecule has 0 spiro atoms. The summed E-state index contributed by atoms with van der Waals surface area (Å²) < 4.78 is 42.3. The quantitative estimate of drug-likeness (QED) is 0.339. The lowest BCUT2D eigenvalue weighted by molar-refractivity contribution is 0.184. The third-order valence-corrected chi connectivity index (χ3v) is 7.41. The minimum atomic E-state index is -0.988. The summed E-state index contributed by atoms with van der Waals surface area (Å²) in [7, 11) is 0. The fourth-order valence-electron chi connectivity index (χ4n) is 5.52. The van der Waals surface area contributed by atoms with E-state index in [1.165, 1.54) is 50.7 Å². The molecule has 2 aliphatic carbocycles. The molecule has 1 atom stereocenters. The molecule has 1 fully saturated rings. The van der Waals surface area contributed by atoms with Gasteiger partial charge in [0, 0.05) is 0 Å². The van der Waals surface area contributed by atoms with Gasteiger partial charge in [-0.05, 0) is 98.9 Å². The Balaban J connectivity index is 1.41. The first kappa shape index (κ1) is 22.7. The van der Waals surface area contributed by atoms with Gasteiger partial charge in [-0.3, -0.25) is 0 Å². The number of allylic oxidation sites excluding steroid dienone is 2. The molecule has 0 nitrogen and oxygen atoms in total. The van der Waals surface area contributed by atoms with E-state index in [1.807, 2.05) is 6.07 Å². The van der Waals surface area contributed by atoms with Gasteiger partial charge in [0.1, 0.15) is 5.82 Å². The number of fused-ring (bicyclic) bond motifs is 1. The highest BCUT2D eigenvalue weighted by Gasteiger charge is 2.31. The summed E-state index contributed by atoms with van der Waals surface area (Å²) in [6.45, 7) is 2.08. The second kappa shape index (κ2) is 10.4. The Kier molecular flexibility index (Phi) is 7.40. The summed E-state index contributed by atoms with van der Waals surface area (Å²) in [5.74, 6) is 5.32. The summed E-state index contributed by atoms with van der Waals surface area (Å²) in [5, 5.41) is 0. The first-order valence-electron chi connectivity index (χ1n) is 11.9. The lowest BCUT2D eigenvalue weighted by Crippen LogP contribution is -2.27. The van der Waals surface area contributed by atoms with E-state index in [2.05, 4.69) is 30.9 Å². The molecule has 2 aliphatic rings. The molecule has 2 aromatic carbocycles. The molecule has 0 N–H and O–H groups in total. The standard InChI is InChI=1S/C29H31F3/c1-2-3-4-6-20-9-11-21(12-10-20)24-17-18-26-25(19-24)16-15-23(28(26)31)14-13-22-7-5-8-27(30)29(22)32/h2-3,5,7-8,15-16,20-21,24H,4,6,9-12,17-19H2,1H3/b3-2+. The van der Waals surface area contributed by atoms with Crippen molar-refractivity contribution in [2.75, 3.05) is 0 Å². The van der Waals surface area contributed by atoms with Gasteiger partial charge in [-0.2, -0.15) is 0 Å². The lowest BCUT2D eigenvalue weighted by atomic mass is 9.69. The van der Waals surface area contributed by atoms with Crippen LogP contribution in [0.2, 0.25) is 0 Å². The first-order valence-corrected chi connectivity index (χ1v) is 11.9. The van der Waals surface area contributed by atoms with E-state index in [-0.39, 0.29) is 16.9 Å². The van der Waals surface area contributed by atoms with Crippen LogP contribution in [-0.2, 0) is 12.8 Å². The van der Waals surface area contributed by atoms with E-state index in [9.17, 15) is 8.78 Å². The fourth-order valence-corrected chi connectivity index (χ4v) is 5.52. The molecule has 4 rings (SSSR count). The minimum absolute atomic E-state index is 0.0523. The highest BCUT2D eigenvalue weighted by Crippen LogP contribution is 2.41. The van der Waals surface area contributed by atoms with Crippen molar-refractivity contribution >= 4 is 0 Å². The van der Waals surface area contributed by atoms with E-state index >= 15 is 4.39 Å². The van der Waals surface area contributed by atoms with Gasteiger partial charge < -0.3 is 0 Å². The maximum Gasteiger partial charge on any atom is 0.174 e. The van der Waals surface area contributed by atoms with Gasteiger partial charge in [0.2, 0.25) is 0 Å². The van der Waals surface area contributed by atoms with Gasteiger partial charge >= 0.3 is 0 Å². The molecule has 0 bridgehead atoms. The predicted octanol–water partition coefficient (Wildman–Crippen LogP) is 7.77. The minimum Gasteiger partial charge on any atom is -0.205 e. The Morgan fingerprint density at radius 3 is 2.38 bits per heavy atom. The van der Waals surface area contributed by atoms with E-state index in [0.717, 1.165) is 48.3 Å². The van der Waals surface area contributed by atoms with Crippen LogP contribution >= 0.6 is 0 Å². The van der Waals surface area contributed by atoms with Crippen LogP contribution in [-0.4, -0.2) is 0 Å². The second-order valence-electron chi connectivity index (χ2n) is 9.35. The van der Waals surface area contributed by atoms with Gasteiger partial charge in [0.05, 0.1) is 11.1 Å². The highest BCUT2D eigenvalue weighted by molar-refractivity contribution is 5.48. The van der Waals surface area contributed by atoms with Crippen LogP contribution in [0, 0.1) is 47.0 Å². The summed E-state index contributed by atoms with van der Waals surface area (Å²) in [5.41, 5.74) is 2.06. The molecule has 3 heteroatoms. The van der Waals surface area contributed by atoms with Crippen LogP contribution in [0.5, 0.6) is 0 Å². The topological polar surface area (TPSA) is 0 Å². The van der Waals surface area contributed by atoms with Crippen LogP contribution in [0.15, 0.2) is 42.5 Å². The molecule has 1 unspecified atom stereocenters. The normalized spacial score (nSPS) is 22.9. The molecule has 2 aromatic rings. The van der Waals surface area contributed by atoms with Crippen molar-refractivity contribution in [3.05, 3.63) is 82.2 Å². The highest BCUT2D eigenvalue weighted by atomic mass is 19.2. The zero-order valence-electron chi connectivity index (χ0n) is 18.8. The molecule has 0 aliphatic heterocycles. The van der Waals surface area contributed by atoms with E-state index in [1.54, 1.807) is 6.07 Å². The number of hydrogen-bond acceptors (Lipinski definition) is 0. The SMILES string of the molecule is C/C=C/CCC1CCC(C2CCc3c(ccc(C#Cc4cccc(F)c4F)c3F)C2)CC1. The zero-order chi connectivity index (χ0) is 22.5. The Labute approximate surface area is 189 Å². The van der Waals surface area contributed by atoms with Gasteiger partial charge in [-0.25, -0.2) is 13.2 Å². The average molecular weight is 437 g/mol. The Morgan fingerprint density at radius 1 is 0.875 bits per heavy atom. The van der Waals surface area contributed by atoms with Gasteiger partial charge in [-0.15, -0.1) is 0 Å². The number of rotatable bonds is 4. The number of hydrogen-bond donors (Lipinski definition) is 0. The van der Waals surface area contributed by atoms with Crippen molar-refractivity contribution in [1.29, 1.82) is 0 Å². The van der Waals surface area contributed by atoms with Crippen molar-refractivity contribution in [3.8, 4) is 11.8 Å². The van der Waals surface area contributed by atoms with Gasteiger partial charge in [-0.1, -0.05) is 49.0 Å². The predicted molar refractivity (Wildman–Crippen MR) is 124 cm³/mol. The molecule has 1 saturated carbocycles. The van der Waals surface area contributed by atoms with Gasteiger partial charge in [0.15, 0.2) is 11.6 Å². The summed E-state index contributed by atoms with van der Waals surface area (Å²) in [6, 6.07) is 7.54. The van der Waals surface area contributed by atoms with Crippen LogP contribution < -0.4 is 0 Å². The average Bonchev–Trinajstić information content (AvgIpc) is 2.81. The Hall–Kier alpha value is -2.47. The molecular weight excluding hydrogens is 405 g/mol. The van der Waals surface area contributed by atoms with Crippen LogP contribution in [0.1, 0.15) is 74.1 Å². The zero-order valence-corrected chi connectivity index (χ0v) is 18.8. The number of halogens is 3. The lowest BCUT2D eigenvalue weighted by Gasteiger charge is -2.36. The van der Waals surface area contributed by atoms with Crippen molar-refractivity contribution in [1.82, 2.24) is 0 Å². The van der Waals surface area contributed by atoms with Crippen molar-refractivity contribution in [3.63, 3.8) is 0 Å². The molecule has 0 amide bonds. The van der Waals surface area contributed by atoms with E-state index < -0.39 is 11.6 Å². The Morgan fingerprint density at radius 2 is 1.62 bits per heavy atom. The van der Waals surface area contributed by atoms with Crippen LogP contribution in [0.3, 0.4) is 0 Å². The van der Waals surface area contributed by atoms with E-state index in [4.69, 9.17) is 0 Å². The van der Waals surface area contributed by atoms with Crippen LogP contribution in [0.4, 0.5) is 13.2 Å². The summed E-state index contributed by atoms with van der Waals surface area (Å²) in [4.78, 5) is 0. The van der Waals surface area contributed by atoms with Crippen molar-refractivity contribution in [2.45, 2.75) is 64.7 Å². The molecule has 168 valence electrons. The van der Waals surface area contributed by atoms with Gasteiger partial charge in [0.25, 0.3) is 0 Å². The maximum absolute atomic E-state index is 15.1. The first-order chi connectivity index (χ1) is 15.6. The summed E-state index contributed by atoms with van der Waals surface area (Å²) in [6.07, 6.45) is 14.8. The third-order valence-electron chi connectivity index (χ3n) is 7.41. The molecule has 0 aromatic heterocycles. The van der Waals surface area contributed by atoms with Crippen molar-refractivity contribution in [2.24, 2.45) is 17.8 Å². The molecular formula is C29H31F3. The van der Waals surface area contributed by atoms with Crippen molar-refractivity contribution < 1.29 is 13.2 Å². The fraction of sp³-hybridized carbons (Fsp3) is 0.448. The molecule has 0 radical (unpaired) electrons. The van der Waals surface area contributed by atoms with E-state index in [0.29, 0.717) is 5.92 Å². The third kappa shape index (κ3) is 5.12. The largest absolute Gasteiger partial charge is 0.205 e.